The minimum absolute atomic E-state index is 0.281. The van der Waals surface area contributed by atoms with Crippen molar-refractivity contribution in [3.8, 4) is 0 Å². The second-order valence-electron chi connectivity index (χ2n) is 6.08. The van der Waals surface area contributed by atoms with Crippen molar-refractivity contribution in [1.82, 2.24) is 14.7 Å². The zero-order valence-corrected chi connectivity index (χ0v) is 16.0. The highest BCUT2D eigenvalue weighted by Crippen LogP contribution is 2.22. The zero-order valence-electron chi connectivity index (χ0n) is 15.3. The molecule has 2 aromatic rings. The Balaban J connectivity index is 2.08. The van der Waals surface area contributed by atoms with Gasteiger partial charge in [-0.2, -0.15) is 5.10 Å². The second-order valence-corrected chi connectivity index (χ2v) is 6.44. The van der Waals surface area contributed by atoms with E-state index in [-0.39, 0.29) is 5.91 Å². The molecule has 0 radical (unpaired) electrons. The molecule has 0 bridgehead atoms. The lowest BCUT2D eigenvalue weighted by molar-refractivity contribution is -0.153. The molecule has 0 aliphatic carbocycles. The molecule has 1 aromatic carbocycles. The van der Waals surface area contributed by atoms with Crippen molar-refractivity contribution in [2.75, 3.05) is 14.1 Å². The summed E-state index contributed by atoms with van der Waals surface area (Å²) in [5.74, 6) is -0.893. The van der Waals surface area contributed by atoms with E-state index in [1.807, 2.05) is 37.3 Å². The van der Waals surface area contributed by atoms with Crippen LogP contribution < -0.4 is 0 Å². The van der Waals surface area contributed by atoms with Gasteiger partial charge in [0.05, 0.1) is 12.2 Å². The molecule has 0 saturated heterocycles. The van der Waals surface area contributed by atoms with Gasteiger partial charge in [0.25, 0.3) is 5.91 Å². The molecular formula is C19H22ClN3O3. The van der Waals surface area contributed by atoms with Crippen LogP contribution in [0, 0.1) is 6.92 Å². The van der Waals surface area contributed by atoms with Crippen molar-refractivity contribution in [2.24, 2.45) is 0 Å². The first-order chi connectivity index (χ1) is 12.3. The SMILES string of the molecule is Cc1nn(Cc2ccccc2)c(Cl)c1/C=C/C(=O)OC(C)C(=O)N(C)C. The summed E-state index contributed by atoms with van der Waals surface area (Å²) in [5.41, 5.74) is 2.42. The Morgan fingerprint density at radius 2 is 1.96 bits per heavy atom. The third-order valence-electron chi connectivity index (χ3n) is 3.75. The Bertz CT molecular complexity index is 813. The van der Waals surface area contributed by atoms with E-state index in [0.717, 1.165) is 5.56 Å². The number of hydrogen-bond donors (Lipinski definition) is 0. The number of halogens is 1. The van der Waals surface area contributed by atoms with Gasteiger partial charge in [0, 0.05) is 25.7 Å². The number of benzene rings is 1. The van der Waals surface area contributed by atoms with E-state index in [1.54, 1.807) is 24.9 Å². The number of amides is 1. The van der Waals surface area contributed by atoms with Gasteiger partial charge in [-0.05, 0) is 25.5 Å². The van der Waals surface area contributed by atoms with Crippen molar-refractivity contribution in [1.29, 1.82) is 0 Å². The highest BCUT2D eigenvalue weighted by atomic mass is 35.5. The van der Waals surface area contributed by atoms with Crippen LogP contribution in [-0.2, 0) is 20.9 Å². The molecule has 0 aliphatic heterocycles. The molecule has 0 fully saturated rings. The van der Waals surface area contributed by atoms with Crippen LogP contribution in [-0.4, -0.2) is 46.8 Å². The molecule has 0 N–H and O–H groups in total. The van der Waals surface area contributed by atoms with Crippen LogP contribution >= 0.6 is 11.6 Å². The summed E-state index contributed by atoms with van der Waals surface area (Å²) >= 11 is 6.40. The Hall–Kier alpha value is -2.60. The quantitative estimate of drug-likeness (QED) is 0.575. The van der Waals surface area contributed by atoms with Crippen LogP contribution in [0.2, 0.25) is 5.15 Å². The predicted octanol–water partition coefficient (Wildman–Crippen LogP) is 2.93. The van der Waals surface area contributed by atoms with Gasteiger partial charge in [-0.3, -0.25) is 4.79 Å². The average molecular weight is 376 g/mol. The molecule has 1 heterocycles. The minimum atomic E-state index is -0.848. The number of rotatable bonds is 6. The minimum Gasteiger partial charge on any atom is -0.449 e. The highest BCUT2D eigenvalue weighted by molar-refractivity contribution is 6.31. The van der Waals surface area contributed by atoms with Crippen molar-refractivity contribution >= 4 is 29.6 Å². The molecule has 26 heavy (non-hydrogen) atoms. The standard InChI is InChI=1S/C19H22ClN3O3/c1-13-16(10-11-17(24)26-14(2)19(25)22(3)4)18(20)23(21-13)12-15-8-6-5-7-9-15/h5-11,14H,12H2,1-4H3/b11-10+. The summed E-state index contributed by atoms with van der Waals surface area (Å²) in [6, 6.07) is 9.83. The lowest BCUT2D eigenvalue weighted by Crippen LogP contribution is -2.34. The van der Waals surface area contributed by atoms with Crippen molar-refractivity contribution < 1.29 is 14.3 Å². The maximum atomic E-state index is 11.9. The third kappa shape index (κ3) is 4.95. The van der Waals surface area contributed by atoms with E-state index in [9.17, 15) is 9.59 Å². The smallest absolute Gasteiger partial charge is 0.331 e. The topological polar surface area (TPSA) is 64.4 Å². The highest BCUT2D eigenvalue weighted by Gasteiger charge is 2.18. The van der Waals surface area contributed by atoms with Gasteiger partial charge in [0.1, 0.15) is 5.15 Å². The lowest BCUT2D eigenvalue weighted by Gasteiger charge is -2.16. The van der Waals surface area contributed by atoms with Gasteiger partial charge < -0.3 is 9.64 Å². The fraction of sp³-hybridized carbons (Fsp3) is 0.316. The molecule has 138 valence electrons. The fourth-order valence-corrected chi connectivity index (χ4v) is 2.69. The van der Waals surface area contributed by atoms with E-state index in [1.165, 1.54) is 17.9 Å². The van der Waals surface area contributed by atoms with E-state index in [4.69, 9.17) is 16.3 Å². The number of aryl methyl sites for hydroxylation is 1. The molecule has 1 aromatic heterocycles. The predicted molar refractivity (Wildman–Crippen MR) is 101 cm³/mol. The van der Waals surface area contributed by atoms with E-state index < -0.39 is 12.1 Å². The van der Waals surface area contributed by atoms with Gasteiger partial charge in [-0.1, -0.05) is 41.9 Å². The van der Waals surface area contributed by atoms with E-state index in [0.29, 0.717) is 23.0 Å². The normalized spacial score (nSPS) is 12.2. The van der Waals surface area contributed by atoms with Crippen molar-refractivity contribution in [3.05, 3.63) is 58.4 Å². The summed E-state index contributed by atoms with van der Waals surface area (Å²) in [7, 11) is 3.21. The average Bonchev–Trinajstić information content (AvgIpc) is 2.86. The van der Waals surface area contributed by atoms with Crippen LogP contribution in [0.3, 0.4) is 0 Å². The number of likely N-dealkylation sites (N-methyl/N-ethyl adjacent to an activating group) is 1. The van der Waals surface area contributed by atoms with Gasteiger partial charge >= 0.3 is 5.97 Å². The number of esters is 1. The molecule has 1 amide bonds. The molecule has 0 aliphatic rings. The number of ether oxygens (including phenoxy) is 1. The maximum absolute atomic E-state index is 11.9. The van der Waals surface area contributed by atoms with E-state index in [2.05, 4.69) is 5.10 Å². The summed E-state index contributed by atoms with van der Waals surface area (Å²) in [6.45, 7) is 3.88. The summed E-state index contributed by atoms with van der Waals surface area (Å²) < 4.78 is 6.77. The Morgan fingerprint density at radius 1 is 1.31 bits per heavy atom. The first-order valence-corrected chi connectivity index (χ1v) is 8.54. The molecule has 6 nitrogen and oxygen atoms in total. The molecule has 1 atom stereocenters. The molecule has 0 saturated carbocycles. The molecule has 0 spiro atoms. The lowest BCUT2D eigenvalue weighted by atomic mass is 10.2. The first kappa shape index (κ1) is 19.7. The monoisotopic (exact) mass is 375 g/mol. The molecular weight excluding hydrogens is 354 g/mol. The van der Waals surface area contributed by atoms with Gasteiger partial charge in [0.2, 0.25) is 0 Å². The maximum Gasteiger partial charge on any atom is 0.331 e. The van der Waals surface area contributed by atoms with E-state index >= 15 is 0 Å². The summed E-state index contributed by atoms with van der Waals surface area (Å²) in [4.78, 5) is 25.0. The first-order valence-electron chi connectivity index (χ1n) is 8.16. The summed E-state index contributed by atoms with van der Waals surface area (Å²) in [6.07, 6.45) is 1.96. The van der Waals surface area contributed by atoms with Crippen LogP contribution in [0.4, 0.5) is 0 Å². The number of carbonyl (C=O) groups is 2. The third-order valence-corrected chi connectivity index (χ3v) is 4.15. The van der Waals surface area contributed by atoms with Crippen LogP contribution in [0.5, 0.6) is 0 Å². The van der Waals surface area contributed by atoms with Crippen molar-refractivity contribution in [3.63, 3.8) is 0 Å². The van der Waals surface area contributed by atoms with Crippen LogP contribution in [0.1, 0.15) is 23.7 Å². The Morgan fingerprint density at radius 3 is 2.58 bits per heavy atom. The molecule has 1 unspecified atom stereocenters. The number of nitrogens with zero attached hydrogens (tertiary/aromatic N) is 3. The number of hydrogen-bond acceptors (Lipinski definition) is 4. The van der Waals surface area contributed by atoms with Crippen LogP contribution in [0.15, 0.2) is 36.4 Å². The number of aromatic nitrogens is 2. The number of carbonyl (C=O) groups excluding carboxylic acids is 2. The van der Waals surface area contributed by atoms with Crippen molar-refractivity contribution in [2.45, 2.75) is 26.5 Å². The van der Waals surface area contributed by atoms with Gasteiger partial charge in [-0.25, -0.2) is 9.48 Å². The second kappa shape index (κ2) is 8.67. The van der Waals surface area contributed by atoms with Crippen LogP contribution in [0.25, 0.3) is 6.08 Å². The summed E-state index contributed by atoms with van der Waals surface area (Å²) in [5, 5.41) is 4.85. The van der Waals surface area contributed by atoms with Gasteiger partial charge in [-0.15, -0.1) is 0 Å². The fourth-order valence-electron chi connectivity index (χ4n) is 2.40. The largest absolute Gasteiger partial charge is 0.449 e. The molecule has 2 rings (SSSR count). The Kier molecular flexibility index (Phi) is 6.58. The molecule has 7 heteroatoms. The van der Waals surface area contributed by atoms with Gasteiger partial charge in [0.15, 0.2) is 6.10 Å². The Labute approximate surface area is 158 Å². The zero-order chi connectivity index (χ0) is 19.3.